The fourth-order valence-electron chi connectivity index (χ4n) is 2.70. The lowest BCUT2D eigenvalue weighted by molar-refractivity contribution is -0.0447. The molecule has 0 saturated heterocycles. The summed E-state index contributed by atoms with van der Waals surface area (Å²) in [5.41, 5.74) is -13.3. The van der Waals surface area contributed by atoms with Crippen LogP contribution in [0.2, 0.25) is 0 Å². The third-order valence-electron chi connectivity index (χ3n) is 4.43. The van der Waals surface area contributed by atoms with E-state index >= 15 is 0 Å². The number of rotatable bonds is 9. The summed E-state index contributed by atoms with van der Waals surface area (Å²) in [6.07, 6.45) is 1.70. The van der Waals surface area contributed by atoms with Crippen LogP contribution in [0, 0.1) is 0 Å². The van der Waals surface area contributed by atoms with E-state index in [9.17, 15) is 60.0 Å². The van der Waals surface area contributed by atoms with Crippen LogP contribution >= 0.6 is 0 Å². The van der Waals surface area contributed by atoms with Gasteiger partial charge in [-0.2, -0.15) is 26.3 Å². The molecule has 2 aromatic rings. The van der Waals surface area contributed by atoms with E-state index in [0.29, 0.717) is 20.4 Å². The second-order valence-corrected chi connectivity index (χ2v) is 14.2. The Bertz CT molecular complexity index is 1600. The summed E-state index contributed by atoms with van der Waals surface area (Å²) in [5.74, 6) is 0. The smallest absolute Gasteiger partial charge is 0.206 e. The quantitative estimate of drug-likeness (QED) is 0.401. The summed E-state index contributed by atoms with van der Waals surface area (Å²) in [4.78, 5) is -2.10. The minimum absolute atomic E-state index is 0.286. The largest absolute Gasteiger partial charge is 0.512 e. The van der Waals surface area contributed by atoms with Gasteiger partial charge in [-0.3, -0.25) is 0 Å². The SMILES string of the molecule is C=Cc1ccc(-c2ccc(C=C)c(S(=O)(=O)NS(=O)(=O)C(F)(F)F)c2)cc1S(=O)(=O)NS(=O)(=O)C(F)(F)F. The molecule has 2 rings (SSSR count). The minimum Gasteiger partial charge on any atom is -0.206 e. The molecule has 2 N–H and O–H groups in total. The van der Waals surface area contributed by atoms with Crippen LogP contribution in [0.4, 0.5) is 26.3 Å². The molecule has 0 aliphatic carbocycles. The summed E-state index contributed by atoms with van der Waals surface area (Å²) < 4.78 is 173. The van der Waals surface area contributed by atoms with Crippen molar-refractivity contribution in [1.29, 1.82) is 0 Å². The van der Waals surface area contributed by atoms with Crippen LogP contribution in [0.1, 0.15) is 11.1 Å². The third kappa shape index (κ3) is 6.43. The van der Waals surface area contributed by atoms with Crippen molar-refractivity contribution >= 4 is 52.2 Å². The maximum Gasteiger partial charge on any atom is 0.512 e. The van der Waals surface area contributed by atoms with Gasteiger partial charge in [0.1, 0.15) is 0 Å². The molecule has 38 heavy (non-hydrogen) atoms. The van der Waals surface area contributed by atoms with E-state index in [1.165, 1.54) is 0 Å². The van der Waals surface area contributed by atoms with E-state index in [1.54, 1.807) is 0 Å². The zero-order valence-corrected chi connectivity index (χ0v) is 21.5. The van der Waals surface area contributed by atoms with Gasteiger partial charge in [0.05, 0.1) is 9.79 Å². The summed E-state index contributed by atoms with van der Waals surface area (Å²) in [6.45, 7) is 6.53. The van der Waals surface area contributed by atoms with E-state index in [1.807, 2.05) is 0 Å². The maximum absolute atomic E-state index is 12.7. The van der Waals surface area contributed by atoms with Gasteiger partial charge < -0.3 is 0 Å². The van der Waals surface area contributed by atoms with Gasteiger partial charge in [0, 0.05) is 0 Å². The molecule has 0 unspecified atom stereocenters. The predicted molar refractivity (Wildman–Crippen MR) is 123 cm³/mol. The highest BCUT2D eigenvalue weighted by molar-refractivity contribution is 8.05. The van der Waals surface area contributed by atoms with Gasteiger partial charge in [-0.15, -0.1) is 0 Å². The Hall–Kier alpha value is -2.78. The number of hydrogen-bond acceptors (Lipinski definition) is 8. The molecular formula is C18H14F6N2O8S4. The normalized spacial score (nSPS) is 13.7. The molecule has 0 bridgehead atoms. The van der Waals surface area contributed by atoms with Gasteiger partial charge in [0.25, 0.3) is 20.0 Å². The van der Waals surface area contributed by atoms with Gasteiger partial charge in [0.2, 0.25) is 0 Å². The average Bonchev–Trinajstić information content (AvgIpc) is 2.75. The van der Waals surface area contributed by atoms with Crippen LogP contribution in [0.25, 0.3) is 23.3 Å². The van der Waals surface area contributed by atoms with Crippen molar-refractivity contribution in [3.8, 4) is 11.1 Å². The topological polar surface area (TPSA) is 161 Å². The number of sulfonamides is 4. The molecule has 0 aromatic heterocycles. The van der Waals surface area contributed by atoms with E-state index in [4.69, 9.17) is 0 Å². The molecular weight excluding hydrogens is 614 g/mol. The van der Waals surface area contributed by atoms with E-state index < -0.39 is 60.9 Å². The Morgan fingerprint density at radius 2 is 0.868 bits per heavy atom. The van der Waals surface area contributed by atoms with Crippen LogP contribution in [0.15, 0.2) is 59.3 Å². The molecule has 0 fully saturated rings. The first-order valence-corrected chi connectivity index (χ1v) is 15.2. The van der Waals surface area contributed by atoms with Crippen LogP contribution in [-0.4, -0.2) is 44.7 Å². The number of hydrogen-bond donors (Lipinski definition) is 2. The second kappa shape index (κ2) is 10.1. The van der Waals surface area contributed by atoms with Crippen molar-refractivity contribution in [2.75, 3.05) is 0 Å². The lowest BCUT2D eigenvalue weighted by atomic mass is 10.0. The number of alkyl halides is 6. The Kier molecular flexibility index (Phi) is 8.34. The van der Waals surface area contributed by atoms with Gasteiger partial charge in [-0.1, -0.05) is 57.8 Å². The highest BCUT2D eigenvalue weighted by atomic mass is 32.3. The Balaban J connectivity index is 2.73. The van der Waals surface area contributed by atoms with E-state index in [0.717, 1.165) is 36.4 Å². The van der Waals surface area contributed by atoms with Crippen LogP contribution < -0.4 is 8.25 Å². The molecule has 0 saturated carbocycles. The maximum atomic E-state index is 12.7. The molecule has 0 spiro atoms. The van der Waals surface area contributed by atoms with Crippen molar-refractivity contribution in [3.63, 3.8) is 0 Å². The summed E-state index contributed by atoms with van der Waals surface area (Å²) in [5, 5.41) is 0. The summed E-state index contributed by atoms with van der Waals surface area (Å²) >= 11 is 0. The third-order valence-corrected chi connectivity index (χ3v) is 11.0. The van der Waals surface area contributed by atoms with Crippen LogP contribution in [-0.2, 0) is 40.1 Å². The number of nitrogens with one attached hydrogen (secondary N) is 2. The molecule has 0 heterocycles. The molecule has 10 nitrogen and oxygen atoms in total. The zero-order chi connectivity index (χ0) is 29.5. The highest BCUT2D eigenvalue weighted by Gasteiger charge is 2.49. The molecule has 0 amide bonds. The monoisotopic (exact) mass is 628 g/mol. The summed E-state index contributed by atoms with van der Waals surface area (Å²) in [7, 11) is -23.7. The van der Waals surface area contributed by atoms with Gasteiger partial charge in [0.15, 0.2) is 0 Å². The molecule has 0 radical (unpaired) electrons. The van der Waals surface area contributed by atoms with Gasteiger partial charge >= 0.3 is 31.1 Å². The Labute approximate surface area is 212 Å². The fourth-order valence-corrected chi connectivity index (χ4v) is 7.98. The van der Waals surface area contributed by atoms with E-state index in [2.05, 4.69) is 13.2 Å². The lowest BCUT2D eigenvalue weighted by Crippen LogP contribution is -2.40. The lowest BCUT2D eigenvalue weighted by Gasteiger charge is -2.15. The predicted octanol–water partition coefficient (Wildman–Crippen LogP) is 2.90. The summed E-state index contributed by atoms with van der Waals surface area (Å²) in [6, 6.07) is 5.36. The van der Waals surface area contributed by atoms with Crippen molar-refractivity contribution in [3.05, 3.63) is 60.7 Å². The first-order valence-electron chi connectivity index (χ1n) is 9.22. The van der Waals surface area contributed by atoms with Crippen molar-refractivity contribution in [2.24, 2.45) is 0 Å². The second-order valence-electron chi connectivity index (χ2n) is 6.99. The van der Waals surface area contributed by atoms with Crippen molar-refractivity contribution < 1.29 is 60.0 Å². The van der Waals surface area contributed by atoms with Crippen LogP contribution in [0.5, 0.6) is 0 Å². The first kappa shape index (κ1) is 31.4. The first-order chi connectivity index (χ1) is 17.0. The highest BCUT2D eigenvalue weighted by Crippen LogP contribution is 2.32. The minimum atomic E-state index is -6.39. The molecule has 0 aliphatic heterocycles. The molecule has 210 valence electrons. The zero-order valence-electron chi connectivity index (χ0n) is 18.2. The van der Waals surface area contributed by atoms with Crippen LogP contribution in [0.3, 0.4) is 0 Å². The molecule has 0 atom stereocenters. The molecule has 0 aliphatic rings. The Morgan fingerprint density at radius 1 is 0.579 bits per heavy atom. The Morgan fingerprint density at radius 3 is 1.11 bits per heavy atom. The fraction of sp³-hybridized carbons (Fsp3) is 0.111. The average molecular weight is 629 g/mol. The van der Waals surface area contributed by atoms with E-state index in [-0.39, 0.29) is 22.3 Å². The molecule has 20 heteroatoms. The standard InChI is InChI=1S/C18H14F6N2O8S4/c1-3-11-5-7-13(9-15(11)35(27,28)25-37(31,32)17(19,20)21)14-8-6-12(4-2)16(10-14)36(29,30)26-38(33,34)18(22,23)24/h3-10,25-26H,1-2H2. The van der Waals surface area contributed by atoms with Crippen molar-refractivity contribution in [2.45, 2.75) is 20.8 Å². The molecule has 2 aromatic carbocycles. The number of benzene rings is 2. The van der Waals surface area contributed by atoms with Gasteiger partial charge in [-0.25, -0.2) is 33.7 Å². The van der Waals surface area contributed by atoms with Crippen molar-refractivity contribution in [1.82, 2.24) is 8.25 Å². The number of halogens is 6. The van der Waals surface area contributed by atoms with Gasteiger partial charge in [-0.05, 0) is 34.4 Å².